The largest absolute Gasteiger partial charge is 0.352 e. The van der Waals surface area contributed by atoms with Gasteiger partial charge in [0.05, 0.1) is 0 Å². The third-order valence-electron chi connectivity index (χ3n) is 5.29. The van der Waals surface area contributed by atoms with Crippen molar-refractivity contribution in [2.45, 2.75) is 31.3 Å². The van der Waals surface area contributed by atoms with Crippen LogP contribution < -0.4 is 5.32 Å². The molecule has 4 rings (SSSR count). The second-order valence-electron chi connectivity index (χ2n) is 7.22. The summed E-state index contributed by atoms with van der Waals surface area (Å²) in [5.74, 6) is 0.791. The highest BCUT2D eigenvalue weighted by Gasteiger charge is 2.44. The summed E-state index contributed by atoms with van der Waals surface area (Å²) in [7, 11) is 0. The first-order valence-electron chi connectivity index (χ1n) is 9.01. The Morgan fingerprint density at radius 2 is 1.88 bits per heavy atom. The van der Waals surface area contributed by atoms with Gasteiger partial charge in [-0.2, -0.15) is 0 Å². The molecule has 2 aromatic rings. The van der Waals surface area contributed by atoms with Crippen LogP contribution in [0.25, 0.3) is 0 Å². The number of benzene rings is 2. The van der Waals surface area contributed by atoms with Crippen molar-refractivity contribution in [2.75, 3.05) is 13.1 Å². The number of halogens is 1. The summed E-state index contributed by atoms with van der Waals surface area (Å²) in [5.41, 5.74) is 2.62. The third-order valence-corrected chi connectivity index (χ3v) is 5.82. The van der Waals surface area contributed by atoms with E-state index in [9.17, 15) is 4.79 Å². The van der Waals surface area contributed by atoms with Crippen molar-refractivity contribution in [2.24, 2.45) is 5.92 Å². The molecule has 1 amide bonds. The molecular weight excluding hydrogens is 376 g/mol. The summed E-state index contributed by atoms with van der Waals surface area (Å²) in [5, 5.41) is 3.28. The molecule has 25 heavy (non-hydrogen) atoms. The molecular formula is C21H23BrN2O. The Labute approximate surface area is 157 Å². The first-order chi connectivity index (χ1) is 12.2. The van der Waals surface area contributed by atoms with Crippen LogP contribution in [0.5, 0.6) is 0 Å². The lowest BCUT2D eigenvalue weighted by Gasteiger charge is -2.17. The molecule has 0 aromatic heterocycles. The number of nitrogens with zero attached hydrogens (tertiary/aromatic N) is 1. The highest BCUT2D eigenvalue weighted by atomic mass is 79.9. The quantitative estimate of drug-likeness (QED) is 0.826. The summed E-state index contributed by atoms with van der Waals surface area (Å²) in [6.45, 7) is 2.98. The van der Waals surface area contributed by atoms with Gasteiger partial charge in [-0.15, -0.1) is 0 Å². The predicted octanol–water partition coefficient (Wildman–Crippen LogP) is 3.94. The molecule has 0 bridgehead atoms. The van der Waals surface area contributed by atoms with Gasteiger partial charge in [-0.1, -0.05) is 58.4 Å². The number of rotatable bonds is 5. The normalized spacial score (nSPS) is 25.7. The Balaban J connectivity index is 1.26. The van der Waals surface area contributed by atoms with Crippen LogP contribution in [-0.2, 0) is 11.3 Å². The van der Waals surface area contributed by atoms with E-state index in [0.717, 1.165) is 36.9 Å². The van der Waals surface area contributed by atoms with Gasteiger partial charge in [0.1, 0.15) is 0 Å². The highest BCUT2D eigenvalue weighted by molar-refractivity contribution is 9.10. The molecule has 1 heterocycles. The molecule has 1 saturated carbocycles. The monoisotopic (exact) mass is 398 g/mol. The van der Waals surface area contributed by atoms with Crippen LogP contribution in [-0.4, -0.2) is 29.9 Å². The van der Waals surface area contributed by atoms with Gasteiger partial charge in [0.2, 0.25) is 5.91 Å². The maximum Gasteiger partial charge on any atom is 0.224 e. The minimum Gasteiger partial charge on any atom is -0.352 e. The van der Waals surface area contributed by atoms with Crippen molar-refractivity contribution in [3.05, 3.63) is 70.2 Å². The van der Waals surface area contributed by atoms with Crippen LogP contribution in [0.3, 0.4) is 0 Å². The molecule has 4 heteroatoms. The number of hydrogen-bond acceptors (Lipinski definition) is 2. The molecule has 0 spiro atoms. The first-order valence-corrected chi connectivity index (χ1v) is 9.80. The fraction of sp³-hybridized carbons (Fsp3) is 0.381. The van der Waals surface area contributed by atoms with Gasteiger partial charge in [-0.05, 0) is 42.0 Å². The van der Waals surface area contributed by atoms with Crippen LogP contribution in [0.15, 0.2) is 59.1 Å². The van der Waals surface area contributed by atoms with Crippen LogP contribution in [0.4, 0.5) is 0 Å². The lowest BCUT2D eigenvalue weighted by Crippen LogP contribution is -2.38. The maximum absolute atomic E-state index is 12.5. The Morgan fingerprint density at radius 3 is 2.64 bits per heavy atom. The first kappa shape index (κ1) is 16.8. The van der Waals surface area contributed by atoms with Gasteiger partial charge in [-0.3, -0.25) is 9.69 Å². The van der Waals surface area contributed by atoms with Gasteiger partial charge in [0, 0.05) is 36.1 Å². The molecule has 1 aliphatic heterocycles. The number of amides is 1. The van der Waals surface area contributed by atoms with Gasteiger partial charge < -0.3 is 5.32 Å². The molecule has 130 valence electrons. The molecule has 1 aliphatic carbocycles. The van der Waals surface area contributed by atoms with Gasteiger partial charge in [0.15, 0.2) is 0 Å². The topological polar surface area (TPSA) is 32.3 Å². The zero-order valence-corrected chi connectivity index (χ0v) is 15.8. The van der Waals surface area contributed by atoms with Crippen molar-refractivity contribution in [3.8, 4) is 0 Å². The maximum atomic E-state index is 12.5. The van der Waals surface area contributed by atoms with Crippen LogP contribution >= 0.6 is 15.9 Å². The van der Waals surface area contributed by atoms with Crippen LogP contribution in [0.2, 0.25) is 0 Å². The van der Waals surface area contributed by atoms with E-state index in [1.54, 1.807) is 0 Å². The van der Waals surface area contributed by atoms with Crippen molar-refractivity contribution >= 4 is 21.8 Å². The summed E-state index contributed by atoms with van der Waals surface area (Å²) in [6, 6.07) is 19.2. The van der Waals surface area contributed by atoms with E-state index in [1.165, 1.54) is 11.1 Å². The zero-order chi connectivity index (χ0) is 17.2. The summed E-state index contributed by atoms with van der Waals surface area (Å²) in [4.78, 5) is 15.0. The van der Waals surface area contributed by atoms with E-state index >= 15 is 0 Å². The Bertz CT molecular complexity index is 731. The molecule has 2 aromatic carbocycles. The minimum absolute atomic E-state index is 0.157. The zero-order valence-electron chi connectivity index (χ0n) is 14.2. The minimum atomic E-state index is 0.157. The Morgan fingerprint density at radius 1 is 1.12 bits per heavy atom. The van der Waals surface area contributed by atoms with E-state index < -0.39 is 0 Å². The lowest BCUT2D eigenvalue weighted by molar-refractivity contribution is -0.123. The van der Waals surface area contributed by atoms with Crippen molar-refractivity contribution in [1.29, 1.82) is 0 Å². The molecule has 3 nitrogen and oxygen atoms in total. The van der Waals surface area contributed by atoms with E-state index in [4.69, 9.17) is 0 Å². The Hall–Kier alpha value is -1.65. The molecule has 3 atom stereocenters. The lowest BCUT2D eigenvalue weighted by atomic mass is 10.1. The van der Waals surface area contributed by atoms with Crippen molar-refractivity contribution < 1.29 is 4.79 Å². The van der Waals surface area contributed by atoms with Crippen LogP contribution in [0.1, 0.15) is 29.9 Å². The average molecular weight is 399 g/mol. The molecule has 3 unspecified atom stereocenters. The number of nitrogens with one attached hydrogen (secondary N) is 1. The number of likely N-dealkylation sites (tertiary alicyclic amines) is 1. The van der Waals surface area contributed by atoms with E-state index in [-0.39, 0.29) is 11.8 Å². The third kappa shape index (κ3) is 4.13. The second-order valence-corrected chi connectivity index (χ2v) is 8.13. The molecule has 1 N–H and O–H groups in total. The van der Waals surface area contributed by atoms with Crippen molar-refractivity contribution in [1.82, 2.24) is 10.2 Å². The molecule has 2 aliphatic rings. The molecule has 2 fully saturated rings. The van der Waals surface area contributed by atoms with Gasteiger partial charge in [0.25, 0.3) is 0 Å². The average Bonchev–Trinajstić information content (AvgIpc) is 3.31. The van der Waals surface area contributed by atoms with Gasteiger partial charge in [-0.25, -0.2) is 0 Å². The smallest absolute Gasteiger partial charge is 0.224 e. The summed E-state index contributed by atoms with van der Waals surface area (Å²) in [6.07, 6.45) is 2.03. The summed E-state index contributed by atoms with van der Waals surface area (Å²) < 4.78 is 1.09. The van der Waals surface area contributed by atoms with Crippen LogP contribution in [0, 0.1) is 5.92 Å². The highest BCUT2D eigenvalue weighted by Crippen LogP contribution is 2.47. The Kier molecular flexibility index (Phi) is 4.91. The van der Waals surface area contributed by atoms with E-state index in [2.05, 4.69) is 74.7 Å². The second kappa shape index (κ2) is 7.30. The predicted molar refractivity (Wildman–Crippen MR) is 103 cm³/mol. The molecule has 0 radical (unpaired) electrons. The molecule has 1 saturated heterocycles. The fourth-order valence-electron chi connectivity index (χ4n) is 3.81. The SMILES string of the molecule is O=C(NC1CCN(Cc2ccccc2)C1)C1CC1c1ccc(Br)cc1. The number of hydrogen-bond donors (Lipinski definition) is 1. The van der Waals surface area contributed by atoms with Crippen molar-refractivity contribution in [3.63, 3.8) is 0 Å². The summed E-state index contributed by atoms with van der Waals surface area (Å²) >= 11 is 3.46. The van der Waals surface area contributed by atoms with E-state index in [1.807, 2.05) is 6.07 Å². The standard InChI is InChI=1S/C21H23BrN2O/c22-17-8-6-16(7-9-17)19-12-20(19)21(25)23-18-10-11-24(14-18)13-15-4-2-1-3-5-15/h1-9,18-20H,10-14H2,(H,23,25). The van der Waals surface area contributed by atoms with Gasteiger partial charge >= 0.3 is 0 Å². The van der Waals surface area contributed by atoms with E-state index in [0.29, 0.717) is 12.0 Å². The number of carbonyl (C=O) groups excluding carboxylic acids is 1. The number of carbonyl (C=O) groups is 1. The fourth-order valence-corrected chi connectivity index (χ4v) is 4.07.